The fourth-order valence-electron chi connectivity index (χ4n) is 1.89. The van der Waals surface area contributed by atoms with Gasteiger partial charge in [0.25, 0.3) is 0 Å². The van der Waals surface area contributed by atoms with Gasteiger partial charge < -0.3 is 5.11 Å². The lowest BCUT2D eigenvalue weighted by molar-refractivity contribution is -0.131. The average molecular weight is 282 g/mol. The summed E-state index contributed by atoms with van der Waals surface area (Å²) in [6.07, 6.45) is 5.35. The van der Waals surface area contributed by atoms with Crippen molar-refractivity contribution < 1.29 is 18.3 Å². The number of sulfonamides is 1. The fraction of sp³-hybridized carbons (Fsp3) is 0.333. The van der Waals surface area contributed by atoms with Crippen molar-refractivity contribution in [1.82, 2.24) is 4.98 Å². The fourth-order valence-corrected chi connectivity index (χ4v) is 3.47. The maximum Gasteiger partial charge on any atom is 0.328 e. The Labute approximate surface area is 111 Å². The molecule has 0 saturated carbocycles. The van der Waals surface area contributed by atoms with Gasteiger partial charge in [0.05, 0.1) is 5.75 Å². The molecule has 2 heterocycles. The molecule has 102 valence electrons. The van der Waals surface area contributed by atoms with E-state index in [1.54, 1.807) is 12.1 Å². The summed E-state index contributed by atoms with van der Waals surface area (Å²) in [6.45, 7) is 0.418. The van der Waals surface area contributed by atoms with Gasteiger partial charge in [-0.2, -0.15) is 0 Å². The molecule has 19 heavy (non-hydrogen) atoms. The van der Waals surface area contributed by atoms with Gasteiger partial charge >= 0.3 is 5.97 Å². The average Bonchev–Trinajstić information content (AvgIpc) is 2.36. The third kappa shape index (κ3) is 3.31. The number of hydrogen-bond donors (Lipinski definition) is 1. The monoisotopic (exact) mass is 282 g/mol. The molecule has 0 unspecified atom stereocenters. The highest BCUT2D eigenvalue weighted by Crippen LogP contribution is 2.22. The Balaban J connectivity index is 2.30. The number of aromatic nitrogens is 1. The Hall–Kier alpha value is -1.89. The molecule has 6 nitrogen and oxygen atoms in total. The summed E-state index contributed by atoms with van der Waals surface area (Å²) in [7, 11) is -3.29. The van der Waals surface area contributed by atoms with Crippen LogP contribution >= 0.6 is 0 Å². The minimum absolute atomic E-state index is 0.129. The number of carboxylic acids is 1. The number of carbonyl (C=O) groups is 1. The summed E-state index contributed by atoms with van der Waals surface area (Å²) < 4.78 is 25.2. The van der Waals surface area contributed by atoms with Crippen LogP contribution in [0.25, 0.3) is 6.08 Å². The maximum atomic E-state index is 11.9. The van der Waals surface area contributed by atoms with Gasteiger partial charge in [0, 0.05) is 18.8 Å². The lowest BCUT2D eigenvalue weighted by Gasteiger charge is -2.27. The minimum atomic E-state index is -3.29. The van der Waals surface area contributed by atoms with E-state index in [2.05, 4.69) is 4.98 Å². The molecule has 2 rings (SSSR count). The zero-order valence-corrected chi connectivity index (χ0v) is 11.0. The van der Waals surface area contributed by atoms with Crippen LogP contribution in [0, 0.1) is 0 Å². The number of aliphatic carboxylic acids is 1. The van der Waals surface area contributed by atoms with E-state index in [4.69, 9.17) is 5.11 Å². The maximum absolute atomic E-state index is 11.9. The first kappa shape index (κ1) is 13.5. The Morgan fingerprint density at radius 3 is 2.89 bits per heavy atom. The molecular weight excluding hydrogens is 268 g/mol. The van der Waals surface area contributed by atoms with Crippen LogP contribution in [0.5, 0.6) is 0 Å². The van der Waals surface area contributed by atoms with Crippen LogP contribution in [0.2, 0.25) is 0 Å². The predicted molar refractivity (Wildman–Crippen MR) is 71.3 cm³/mol. The van der Waals surface area contributed by atoms with Gasteiger partial charge in [-0.15, -0.1) is 0 Å². The molecule has 0 spiro atoms. The molecule has 1 aromatic rings. The topological polar surface area (TPSA) is 87.6 Å². The van der Waals surface area contributed by atoms with Gasteiger partial charge in [-0.05, 0) is 36.6 Å². The minimum Gasteiger partial charge on any atom is -0.478 e. The van der Waals surface area contributed by atoms with Crippen molar-refractivity contribution in [3.8, 4) is 0 Å². The van der Waals surface area contributed by atoms with Gasteiger partial charge in [0.15, 0.2) is 0 Å². The second kappa shape index (κ2) is 5.40. The van der Waals surface area contributed by atoms with Gasteiger partial charge in [0.2, 0.25) is 10.0 Å². The summed E-state index contributed by atoms with van der Waals surface area (Å²) in [5.74, 6) is -0.583. The molecule has 0 aromatic carbocycles. The van der Waals surface area contributed by atoms with Crippen molar-refractivity contribution in [2.45, 2.75) is 12.8 Å². The van der Waals surface area contributed by atoms with E-state index in [1.165, 1.54) is 16.6 Å². The molecule has 7 heteroatoms. The molecular formula is C12H14N2O4S. The zero-order valence-electron chi connectivity index (χ0n) is 10.2. The second-order valence-electron chi connectivity index (χ2n) is 4.21. The normalized spacial score (nSPS) is 18.6. The Bertz CT molecular complexity index is 610. The van der Waals surface area contributed by atoms with E-state index in [0.717, 1.165) is 12.5 Å². The lowest BCUT2D eigenvalue weighted by atomic mass is 10.2. The number of anilines is 1. The summed E-state index contributed by atoms with van der Waals surface area (Å²) >= 11 is 0. The van der Waals surface area contributed by atoms with Crippen LogP contribution in [0.3, 0.4) is 0 Å². The van der Waals surface area contributed by atoms with Gasteiger partial charge in [0.1, 0.15) is 5.82 Å². The van der Waals surface area contributed by atoms with Crippen LogP contribution < -0.4 is 4.31 Å². The van der Waals surface area contributed by atoms with Crippen molar-refractivity contribution in [3.63, 3.8) is 0 Å². The second-order valence-corrected chi connectivity index (χ2v) is 6.23. The Kier molecular flexibility index (Phi) is 3.84. The molecule has 0 atom stereocenters. The molecule has 0 bridgehead atoms. The molecule has 0 amide bonds. The number of rotatable bonds is 3. The molecule has 1 aliphatic rings. The van der Waals surface area contributed by atoms with E-state index < -0.39 is 16.0 Å². The first-order valence-corrected chi connectivity index (χ1v) is 7.47. The quantitative estimate of drug-likeness (QED) is 0.839. The molecule has 1 aromatic heterocycles. The highest BCUT2D eigenvalue weighted by molar-refractivity contribution is 7.92. The number of nitrogens with zero attached hydrogens (tertiary/aromatic N) is 2. The van der Waals surface area contributed by atoms with E-state index in [1.807, 2.05) is 0 Å². The van der Waals surface area contributed by atoms with E-state index >= 15 is 0 Å². The first-order valence-electron chi connectivity index (χ1n) is 5.86. The van der Waals surface area contributed by atoms with E-state index in [-0.39, 0.29) is 5.75 Å². The van der Waals surface area contributed by atoms with Crippen molar-refractivity contribution in [3.05, 3.63) is 30.0 Å². The lowest BCUT2D eigenvalue weighted by Crippen LogP contribution is -2.38. The van der Waals surface area contributed by atoms with Gasteiger partial charge in [-0.25, -0.2) is 18.2 Å². The summed E-state index contributed by atoms with van der Waals surface area (Å²) in [4.78, 5) is 14.5. The third-order valence-electron chi connectivity index (χ3n) is 2.79. The van der Waals surface area contributed by atoms with Crippen LogP contribution in [0.15, 0.2) is 24.4 Å². The highest BCUT2D eigenvalue weighted by Gasteiger charge is 2.26. The number of pyridine rings is 1. The van der Waals surface area contributed by atoms with Gasteiger partial charge in [-0.3, -0.25) is 4.31 Å². The number of hydrogen-bond acceptors (Lipinski definition) is 4. The van der Waals surface area contributed by atoms with E-state index in [9.17, 15) is 13.2 Å². The summed E-state index contributed by atoms with van der Waals surface area (Å²) in [5.41, 5.74) is 0.605. The SMILES string of the molecule is O=C(O)/C=C/c1ccnc(N2CCCCS2(=O)=O)c1. The Morgan fingerprint density at radius 2 is 2.21 bits per heavy atom. The molecule has 0 aliphatic carbocycles. The van der Waals surface area contributed by atoms with Crippen LogP contribution in [0.1, 0.15) is 18.4 Å². The standard InChI is InChI=1S/C12H14N2O4S/c15-12(16)4-3-10-5-6-13-11(9-10)14-7-1-2-8-19(14,17)18/h3-6,9H,1-2,7-8H2,(H,15,16)/b4-3+. The Morgan fingerprint density at radius 1 is 1.42 bits per heavy atom. The summed E-state index contributed by atoms with van der Waals surface area (Å²) in [5, 5.41) is 8.57. The zero-order chi connectivity index (χ0) is 13.9. The number of carboxylic acid groups (broad SMARTS) is 1. The van der Waals surface area contributed by atoms with Gasteiger partial charge in [-0.1, -0.05) is 0 Å². The van der Waals surface area contributed by atoms with Crippen molar-refractivity contribution in [1.29, 1.82) is 0 Å². The third-order valence-corrected chi connectivity index (χ3v) is 4.64. The smallest absolute Gasteiger partial charge is 0.328 e. The van der Waals surface area contributed by atoms with Crippen LogP contribution in [0.4, 0.5) is 5.82 Å². The molecule has 1 fully saturated rings. The van der Waals surface area contributed by atoms with Crippen molar-refractivity contribution >= 4 is 27.9 Å². The van der Waals surface area contributed by atoms with Crippen molar-refractivity contribution in [2.24, 2.45) is 0 Å². The molecule has 0 radical (unpaired) electrons. The molecule has 1 saturated heterocycles. The van der Waals surface area contributed by atoms with Crippen LogP contribution in [-0.2, 0) is 14.8 Å². The van der Waals surface area contributed by atoms with E-state index in [0.29, 0.717) is 24.3 Å². The molecule has 1 N–H and O–H groups in total. The molecule has 1 aliphatic heterocycles. The first-order chi connectivity index (χ1) is 8.99. The largest absolute Gasteiger partial charge is 0.478 e. The highest BCUT2D eigenvalue weighted by atomic mass is 32.2. The predicted octanol–water partition coefficient (Wildman–Crippen LogP) is 1.11. The summed E-state index contributed by atoms with van der Waals surface area (Å²) in [6, 6.07) is 3.20. The van der Waals surface area contributed by atoms with Crippen molar-refractivity contribution in [2.75, 3.05) is 16.6 Å². The van der Waals surface area contributed by atoms with Crippen LogP contribution in [-0.4, -0.2) is 36.8 Å².